The van der Waals surface area contributed by atoms with Crippen LogP contribution in [0.2, 0.25) is 5.02 Å². The molecule has 14 nitrogen and oxygen atoms in total. The number of allylic oxidation sites excluding steroid dienone is 1. The number of aliphatic hydroxyl groups excluding tert-OH is 1. The number of hydrogen-bond donors (Lipinski definition) is 4. The van der Waals surface area contributed by atoms with Gasteiger partial charge in [-0.05, 0) is 71.2 Å². The number of rotatable bonds is 14. The van der Waals surface area contributed by atoms with Gasteiger partial charge in [0.05, 0.1) is 40.9 Å². The third-order valence-corrected chi connectivity index (χ3v) is 7.49. The van der Waals surface area contributed by atoms with E-state index >= 15 is 0 Å². The molecule has 0 unspecified atom stereocenters. The number of hydrogen-bond acceptors (Lipinski definition) is 11. The van der Waals surface area contributed by atoms with Crippen molar-refractivity contribution < 1.29 is 38.6 Å². The minimum atomic E-state index is -1.28. The summed E-state index contributed by atoms with van der Waals surface area (Å²) in [5.41, 5.74) is 4.50. The summed E-state index contributed by atoms with van der Waals surface area (Å²) in [6, 6.07) is 13.4. The number of benzene rings is 3. The smallest absolute Gasteiger partial charge is 0.337 e. The molecule has 4 N–H and O–H groups in total. The van der Waals surface area contributed by atoms with E-state index in [1.165, 1.54) is 19.4 Å². The van der Waals surface area contributed by atoms with Crippen molar-refractivity contribution in [3.05, 3.63) is 102 Å². The number of hydrazone groups is 1. The Bertz CT molecular complexity index is 1700. The number of carbonyl (C=O) groups excluding carboxylic acids is 2. The second kappa shape index (κ2) is 16.1. The van der Waals surface area contributed by atoms with E-state index in [4.69, 9.17) is 30.5 Å². The number of urea groups is 1. The second-order valence-electron chi connectivity index (χ2n) is 9.94. The maximum atomic E-state index is 12.4. The van der Waals surface area contributed by atoms with Gasteiger partial charge in [-0.2, -0.15) is 5.10 Å². The number of amides is 2. The number of nitrogens with one attached hydrogen (secondary N) is 3. The molecular formula is C31H31BrClN5O9. The van der Waals surface area contributed by atoms with Crippen LogP contribution >= 0.6 is 27.5 Å². The molecule has 0 aromatic heterocycles. The van der Waals surface area contributed by atoms with Crippen LogP contribution < -0.4 is 30.3 Å². The SMILES string of the molecule is CCOc1cc([C@@H]2NC(=O)NC(C)=C2C(=O)OC)ccc1OC[C@@H](O)N/N=C/c1cc(Br)c(OCc2ccc(Cl)cc2)c([N+](=O)[O-])c1. The highest BCUT2D eigenvalue weighted by molar-refractivity contribution is 9.10. The molecule has 4 rings (SSSR count). The molecule has 2 amide bonds. The molecule has 1 aliphatic rings. The largest absolute Gasteiger partial charge is 0.490 e. The van der Waals surface area contributed by atoms with Crippen molar-refractivity contribution in [2.75, 3.05) is 20.3 Å². The second-order valence-corrected chi connectivity index (χ2v) is 11.2. The fourth-order valence-corrected chi connectivity index (χ4v) is 5.22. The van der Waals surface area contributed by atoms with Crippen LogP contribution in [0.3, 0.4) is 0 Å². The highest BCUT2D eigenvalue weighted by Crippen LogP contribution is 2.37. The van der Waals surface area contributed by atoms with Gasteiger partial charge in [0.25, 0.3) is 0 Å². The van der Waals surface area contributed by atoms with E-state index in [9.17, 15) is 24.8 Å². The lowest BCUT2D eigenvalue weighted by Gasteiger charge is -2.28. The topological polar surface area (TPSA) is 183 Å². The number of aliphatic hydroxyl groups is 1. The number of methoxy groups -OCH3 is 1. The van der Waals surface area contributed by atoms with Gasteiger partial charge in [0, 0.05) is 22.3 Å². The molecule has 47 heavy (non-hydrogen) atoms. The monoisotopic (exact) mass is 731 g/mol. The highest BCUT2D eigenvalue weighted by Gasteiger charge is 2.32. The number of esters is 1. The summed E-state index contributed by atoms with van der Waals surface area (Å²) in [6.45, 7) is 3.50. The summed E-state index contributed by atoms with van der Waals surface area (Å²) in [7, 11) is 1.25. The first-order valence-electron chi connectivity index (χ1n) is 14.1. The first kappa shape index (κ1) is 35.0. The predicted octanol–water partition coefficient (Wildman–Crippen LogP) is 5.11. The van der Waals surface area contributed by atoms with Gasteiger partial charge in [-0.25, -0.2) is 9.59 Å². The molecule has 0 saturated heterocycles. The van der Waals surface area contributed by atoms with Crippen LogP contribution in [-0.2, 0) is 16.1 Å². The maximum absolute atomic E-state index is 12.4. The minimum Gasteiger partial charge on any atom is -0.490 e. The van der Waals surface area contributed by atoms with Gasteiger partial charge in [0.1, 0.15) is 13.2 Å². The van der Waals surface area contributed by atoms with Crippen molar-refractivity contribution in [1.29, 1.82) is 0 Å². The van der Waals surface area contributed by atoms with E-state index in [-0.39, 0.29) is 42.6 Å². The molecule has 0 saturated carbocycles. The number of carbonyl (C=O) groups is 2. The average Bonchev–Trinajstić information content (AvgIpc) is 3.03. The Morgan fingerprint density at radius 2 is 1.91 bits per heavy atom. The van der Waals surface area contributed by atoms with Gasteiger partial charge in [0.2, 0.25) is 5.75 Å². The van der Waals surface area contributed by atoms with Crippen LogP contribution in [0.1, 0.15) is 36.6 Å². The summed E-state index contributed by atoms with van der Waals surface area (Å²) >= 11 is 9.24. The van der Waals surface area contributed by atoms with Crippen molar-refractivity contribution in [2.24, 2.45) is 5.10 Å². The molecule has 0 aliphatic carbocycles. The van der Waals surface area contributed by atoms with Gasteiger partial charge in [-0.15, -0.1) is 0 Å². The van der Waals surface area contributed by atoms with Crippen LogP contribution in [0.5, 0.6) is 17.2 Å². The Morgan fingerprint density at radius 1 is 1.17 bits per heavy atom. The molecule has 3 aromatic rings. The zero-order chi connectivity index (χ0) is 34.1. The summed E-state index contributed by atoms with van der Waals surface area (Å²) in [5, 5.41) is 32.0. The summed E-state index contributed by atoms with van der Waals surface area (Å²) in [6.07, 6.45) is 0.0209. The Balaban J connectivity index is 1.41. The molecule has 0 bridgehead atoms. The van der Waals surface area contributed by atoms with Crippen LogP contribution in [0.4, 0.5) is 10.5 Å². The van der Waals surface area contributed by atoms with Gasteiger partial charge >= 0.3 is 17.7 Å². The quantitative estimate of drug-likeness (QED) is 0.0572. The van der Waals surface area contributed by atoms with Gasteiger partial charge in [-0.3, -0.25) is 15.5 Å². The molecule has 0 spiro atoms. The predicted molar refractivity (Wildman–Crippen MR) is 176 cm³/mol. The number of nitro groups is 1. The lowest BCUT2D eigenvalue weighted by molar-refractivity contribution is -0.386. The maximum Gasteiger partial charge on any atom is 0.337 e. The number of nitrogens with zero attached hydrogens (tertiary/aromatic N) is 2. The Morgan fingerprint density at radius 3 is 2.60 bits per heavy atom. The van der Waals surface area contributed by atoms with Crippen molar-refractivity contribution in [1.82, 2.24) is 16.1 Å². The molecule has 3 aromatic carbocycles. The van der Waals surface area contributed by atoms with Crippen LogP contribution in [0.25, 0.3) is 0 Å². The van der Waals surface area contributed by atoms with E-state index in [0.717, 1.165) is 5.56 Å². The molecule has 248 valence electrons. The van der Waals surface area contributed by atoms with Crippen molar-refractivity contribution in [3.8, 4) is 17.2 Å². The van der Waals surface area contributed by atoms with Crippen molar-refractivity contribution in [3.63, 3.8) is 0 Å². The van der Waals surface area contributed by atoms with Gasteiger partial charge < -0.3 is 34.7 Å². The normalized spacial score (nSPS) is 15.0. The van der Waals surface area contributed by atoms with E-state index in [1.54, 1.807) is 62.4 Å². The van der Waals surface area contributed by atoms with Crippen LogP contribution in [0.15, 0.2) is 75.4 Å². The van der Waals surface area contributed by atoms with E-state index in [2.05, 4.69) is 37.1 Å². The first-order valence-corrected chi connectivity index (χ1v) is 15.3. The fraction of sp³-hybridized carbons (Fsp3) is 0.258. The minimum absolute atomic E-state index is 0.0508. The summed E-state index contributed by atoms with van der Waals surface area (Å²) in [5.74, 6) is 0.0453. The molecule has 0 radical (unpaired) electrons. The van der Waals surface area contributed by atoms with E-state index in [0.29, 0.717) is 32.1 Å². The molecule has 2 atom stereocenters. The molecule has 1 heterocycles. The van der Waals surface area contributed by atoms with Crippen LogP contribution in [-0.4, -0.2) is 54.8 Å². The zero-order valence-corrected chi connectivity index (χ0v) is 27.8. The summed E-state index contributed by atoms with van der Waals surface area (Å²) in [4.78, 5) is 35.8. The van der Waals surface area contributed by atoms with E-state index in [1.807, 2.05) is 0 Å². The van der Waals surface area contributed by atoms with E-state index < -0.39 is 29.2 Å². The fourth-order valence-electron chi connectivity index (χ4n) is 4.51. The lowest BCUT2D eigenvalue weighted by atomic mass is 9.95. The summed E-state index contributed by atoms with van der Waals surface area (Å²) < 4.78 is 22.4. The van der Waals surface area contributed by atoms with Crippen LogP contribution in [0, 0.1) is 10.1 Å². The highest BCUT2D eigenvalue weighted by atomic mass is 79.9. The van der Waals surface area contributed by atoms with Crippen molar-refractivity contribution >= 4 is 51.4 Å². The third kappa shape index (κ3) is 9.12. The standard InChI is InChI=1S/C31H31BrClN5O9/c1-4-45-25-13-20(28-27(30(40)44-3)17(2)35-31(41)36-28)7-10-24(25)46-16-26(39)37-34-14-19-11-22(32)29(23(12-19)38(42)43)47-15-18-5-8-21(33)9-6-18/h5-14,26,28,37,39H,4,15-16H2,1-3H3,(H2,35,36,41)/b34-14+/t26-,28+/m1/s1. The van der Waals surface area contributed by atoms with Gasteiger partial charge in [-0.1, -0.05) is 29.8 Å². The van der Waals surface area contributed by atoms with Gasteiger partial charge in [0.15, 0.2) is 17.7 Å². The number of nitro benzene ring substituents is 1. The lowest BCUT2D eigenvalue weighted by Crippen LogP contribution is -2.45. The molecule has 0 fully saturated rings. The Hall–Kier alpha value is -4.86. The number of ether oxygens (including phenoxy) is 4. The molecular weight excluding hydrogens is 702 g/mol. The van der Waals surface area contributed by atoms with Crippen molar-refractivity contribution in [2.45, 2.75) is 32.7 Å². The number of halogens is 2. The Kier molecular flexibility index (Phi) is 12.0. The average molecular weight is 733 g/mol. The molecule has 1 aliphatic heterocycles. The third-order valence-electron chi connectivity index (χ3n) is 6.65. The zero-order valence-electron chi connectivity index (χ0n) is 25.4. The molecule has 16 heteroatoms. The Labute approximate surface area is 283 Å². The first-order chi connectivity index (χ1) is 22.5.